The number of hydrogen-bond acceptors (Lipinski definition) is 3. The highest BCUT2D eigenvalue weighted by atomic mass is 16.6. The number of hydrogen-bond donors (Lipinski definition) is 0. The van der Waals surface area contributed by atoms with Crippen LogP contribution in [0, 0.1) is 6.92 Å². The second-order valence-corrected chi connectivity index (χ2v) is 6.27. The molecular formula is C22H22O3. The molecule has 0 aliphatic carbocycles. The van der Waals surface area contributed by atoms with Crippen molar-refractivity contribution in [1.29, 1.82) is 0 Å². The summed E-state index contributed by atoms with van der Waals surface area (Å²) in [6.45, 7) is 8.12. The number of esters is 1. The molecule has 0 fully saturated rings. The predicted molar refractivity (Wildman–Crippen MR) is 102 cm³/mol. The Morgan fingerprint density at radius 1 is 1.12 bits per heavy atom. The lowest BCUT2D eigenvalue weighted by Crippen LogP contribution is -2.19. The van der Waals surface area contributed by atoms with Gasteiger partial charge in [-0.25, -0.2) is 4.79 Å². The quantitative estimate of drug-likeness (QED) is 0.364. The van der Waals surface area contributed by atoms with Crippen LogP contribution in [-0.4, -0.2) is 18.7 Å². The zero-order valence-electron chi connectivity index (χ0n) is 14.6. The Kier molecular flexibility index (Phi) is 5.15. The Morgan fingerprint density at radius 3 is 2.68 bits per heavy atom. The number of fused-ring (bicyclic) bond motifs is 2. The van der Waals surface area contributed by atoms with Gasteiger partial charge >= 0.3 is 5.97 Å². The Labute approximate surface area is 147 Å². The molecule has 0 N–H and O–H groups in total. The summed E-state index contributed by atoms with van der Waals surface area (Å²) >= 11 is 0. The summed E-state index contributed by atoms with van der Waals surface area (Å²) in [5, 5.41) is 4.79. The van der Waals surface area contributed by atoms with Crippen LogP contribution in [-0.2, 0) is 20.9 Å². The lowest BCUT2D eigenvalue weighted by atomic mass is 9.96. The number of carbonyl (C=O) groups is 1. The van der Waals surface area contributed by atoms with E-state index in [1.54, 1.807) is 0 Å². The van der Waals surface area contributed by atoms with E-state index in [9.17, 15) is 4.79 Å². The fourth-order valence-electron chi connectivity index (χ4n) is 3.03. The fraction of sp³-hybridized carbons (Fsp3) is 0.227. The van der Waals surface area contributed by atoms with Gasteiger partial charge in [0.15, 0.2) is 0 Å². The van der Waals surface area contributed by atoms with E-state index in [-0.39, 0.29) is 6.10 Å². The van der Waals surface area contributed by atoms with Crippen LogP contribution in [0.25, 0.3) is 21.5 Å². The first-order valence-electron chi connectivity index (χ1n) is 8.40. The van der Waals surface area contributed by atoms with E-state index >= 15 is 0 Å². The van der Waals surface area contributed by atoms with Crippen molar-refractivity contribution < 1.29 is 14.3 Å². The molecule has 3 aromatic carbocycles. The van der Waals surface area contributed by atoms with E-state index in [4.69, 9.17) is 9.47 Å². The van der Waals surface area contributed by atoms with E-state index in [1.165, 1.54) is 32.7 Å². The molecule has 0 heterocycles. The number of rotatable bonds is 6. The largest absolute Gasteiger partial charge is 0.457 e. The Bertz CT molecular complexity index is 927. The fourth-order valence-corrected chi connectivity index (χ4v) is 3.03. The third-order valence-corrected chi connectivity index (χ3v) is 4.21. The minimum Gasteiger partial charge on any atom is -0.457 e. The molecule has 0 radical (unpaired) electrons. The highest BCUT2D eigenvalue weighted by molar-refractivity contribution is 6.02. The van der Waals surface area contributed by atoms with Crippen LogP contribution >= 0.6 is 0 Å². The van der Waals surface area contributed by atoms with Crippen LogP contribution in [0.3, 0.4) is 0 Å². The van der Waals surface area contributed by atoms with Crippen molar-refractivity contribution in [3.8, 4) is 0 Å². The molecule has 0 aliphatic heterocycles. The molecule has 3 nitrogen and oxygen atoms in total. The summed E-state index contributed by atoms with van der Waals surface area (Å²) in [5.74, 6) is -0.428. The Hall–Kier alpha value is -2.65. The van der Waals surface area contributed by atoms with E-state index in [2.05, 4.69) is 49.9 Å². The van der Waals surface area contributed by atoms with E-state index in [0.717, 1.165) is 6.08 Å². The molecule has 3 rings (SSSR count). The summed E-state index contributed by atoms with van der Waals surface area (Å²) in [6, 6.07) is 17.0. The zero-order valence-corrected chi connectivity index (χ0v) is 14.6. The lowest BCUT2D eigenvalue weighted by Gasteiger charge is -2.15. The molecule has 0 bridgehead atoms. The Morgan fingerprint density at radius 2 is 1.88 bits per heavy atom. The number of carbonyl (C=O) groups excluding carboxylic acids is 1. The van der Waals surface area contributed by atoms with Crippen molar-refractivity contribution >= 4 is 27.5 Å². The van der Waals surface area contributed by atoms with Crippen LogP contribution < -0.4 is 0 Å². The number of ether oxygens (including phenoxy) is 2. The highest BCUT2D eigenvalue weighted by Gasteiger charge is 2.11. The van der Waals surface area contributed by atoms with Gasteiger partial charge in [-0.1, -0.05) is 54.6 Å². The number of aryl methyl sites for hydroxylation is 1. The lowest BCUT2D eigenvalue weighted by molar-refractivity contribution is -0.145. The van der Waals surface area contributed by atoms with E-state index in [1.807, 2.05) is 19.1 Å². The van der Waals surface area contributed by atoms with Gasteiger partial charge in [0.2, 0.25) is 0 Å². The van der Waals surface area contributed by atoms with Crippen LogP contribution in [0.4, 0.5) is 0 Å². The highest BCUT2D eigenvalue weighted by Crippen LogP contribution is 2.29. The van der Waals surface area contributed by atoms with Gasteiger partial charge in [-0.3, -0.25) is 0 Å². The molecule has 3 aromatic rings. The minimum absolute atomic E-state index is 0.312. The van der Waals surface area contributed by atoms with Crippen LogP contribution in [0.1, 0.15) is 18.1 Å². The Balaban J connectivity index is 1.89. The molecule has 0 aromatic heterocycles. The maximum Gasteiger partial charge on any atom is 0.330 e. The van der Waals surface area contributed by atoms with Crippen molar-refractivity contribution in [3.05, 3.63) is 72.3 Å². The summed E-state index contributed by atoms with van der Waals surface area (Å²) in [4.78, 5) is 11.2. The van der Waals surface area contributed by atoms with Gasteiger partial charge in [-0.05, 0) is 47.0 Å². The van der Waals surface area contributed by atoms with Gasteiger partial charge in [0, 0.05) is 6.08 Å². The summed E-state index contributed by atoms with van der Waals surface area (Å²) in [5.41, 5.74) is 2.39. The van der Waals surface area contributed by atoms with Gasteiger partial charge in [-0.15, -0.1) is 0 Å². The van der Waals surface area contributed by atoms with Crippen LogP contribution in [0.15, 0.2) is 61.2 Å². The average Bonchev–Trinajstić information content (AvgIpc) is 2.61. The molecule has 0 saturated carbocycles. The van der Waals surface area contributed by atoms with Crippen molar-refractivity contribution in [2.75, 3.05) is 6.61 Å². The van der Waals surface area contributed by atoms with Gasteiger partial charge in [-0.2, -0.15) is 0 Å². The first kappa shape index (κ1) is 17.2. The van der Waals surface area contributed by atoms with Crippen molar-refractivity contribution in [2.45, 2.75) is 26.6 Å². The average molecular weight is 334 g/mol. The van der Waals surface area contributed by atoms with E-state index in [0.29, 0.717) is 13.2 Å². The maximum atomic E-state index is 11.2. The van der Waals surface area contributed by atoms with Gasteiger partial charge < -0.3 is 9.47 Å². The maximum absolute atomic E-state index is 11.2. The molecular weight excluding hydrogens is 312 g/mol. The molecule has 1 atom stereocenters. The molecule has 0 saturated heterocycles. The third kappa shape index (κ3) is 3.89. The van der Waals surface area contributed by atoms with Crippen molar-refractivity contribution in [2.24, 2.45) is 0 Å². The van der Waals surface area contributed by atoms with Gasteiger partial charge in [0.25, 0.3) is 0 Å². The first-order valence-corrected chi connectivity index (χ1v) is 8.40. The molecule has 128 valence electrons. The standard InChI is InChI=1S/C22H22O3/c1-4-22(23)25-16(3)13-24-14-21-19-8-6-5-7-17(19)12-18-10-9-15(2)11-20(18)21/h4-12,16H,1,13-14H2,2-3H3. The van der Waals surface area contributed by atoms with E-state index < -0.39 is 5.97 Å². The number of benzene rings is 3. The summed E-state index contributed by atoms with van der Waals surface area (Å²) in [7, 11) is 0. The molecule has 0 aliphatic rings. The second kappa shape index (κ2) is 7.49. The topological polar surface area (TPSA) is 35.5 Å². The van der Waals surface area contributed by atoms with Gasteiger partial charge in [0.1, 0.15) is 6.10 Å². The van der Waals surface area contributed by atoms with Crippen LogP contribution in [0.5, 0.6) is 0 Å². The minimum atomic E-state index is -0.428. The zero-order chi connectivity index (χ0) is 17.8. The second-order valence-electron chi connectivity index (χ2n) is 6.27. The van der Waals surface area contributed by atoms with Gasteiger partial charge in [0.05, 0.1) is 13.2 Å². The van der Waals surface area contributed by atoms with Crippen molar-refractivity contribution in [1.82, 2.24) is 0 Å². The molecule has 0 amide bonds. The van der Waals surface area contributed by atoms with Crippen LogP contribution in [0.2, 0.25) is 0 Å². The monoisotopic (exact) mass is 334 g/mol. The third-order valence-electron chi connectivity index (χ3n) is 4.21. The molecule has 1 unspecified atom stereocenters. The molecule has 3 heteroatoms. The SMILES string of the molecule is C=CC(=O)OC(C)COCc1c2ccccc2cc2ccc(C)cc12. The summed E-state index contributed by atoms with van der Waals surface area (Å²) in [6.07, 6.45) is 0.853. The predicted octanol–water partition coefficient (Wildman–Crippen LogP) is 4.94. The first-order chi connectivity index (χ1) is 12.1. The smallest absolute Gasteiger partial charge is 0.330 e. The molecule has 0 spiro atoms. The normalized spacial score (nSPS) is 12.2. The molecule has 25 heavy (non-hydrogen) atoms. The van der Waals surface area contributed by atoms with Crippen molar-refractivity contribution in [3.63, 3.8) is 0 Å². The summed E-state index contributed by atoms with van der Waals surface area (Å²) < 4.78 is 11.0.